The van der Waals surface area contributed by atoms with Crippen molar-refractivity contribution in [2.45, 2.75) is 19.9 Å². The van der Waals surface area contributed by atoms with E-state index in [2.05, 4.69) is 27.1 Å². The smallest absolute Gasteiger partial charge is 0.226 e. The van der Waals surface area contributed by atoms with E-state index < -0.39 is 11.6 Å². The Hall–Kier alpha value is -3.56. The molecule has 38 heavy (non-hydrogen) atoms. The van der Waals surface area contributed by atoms with Crippen LogP contribution in [-0.4, -0.2) is 73.7 Å². The maximum absolute atomic E-state index is 14.8. The van der Waals surface area contributed by atoms with Gasteiger partial charge in [0, 0.05) is 73.9 Å². The lowest BCUT2D eigenvalue weighted by Crippen LogP contribution is -2.45. The number of rotatable bonds is 11. The van der Waals surface area contributed by atoms with Crippen LogP contribution in [-0.2, 0) is 17.8 Å². The second-order valence-electron chi connectivity index (χ2n) is 9.31. The summed E-state index contributed by atoms with van der Waals surface area (Å²) in [6, 6.07) is 12.5. The summed E-state index contributed by atoms with van der Waals surface area (Å²) < 4.78 is 39.7. The van der Waals surface area contributed by atoms with Crippen LogP contribution in [0, 0.1) is 11.6 Å². The molecule has 1 aliphatic rings. The van der Waals surface area contributed by atoms with Crippen LogP contribution in [0.2, 0.25) is 0 Å². The lowest BCUT2D eigenvalue weighted by Gasteiger charge is -2.32. The number of benzene rings is 2. The minimum atomic E-state index is -0.396. The number of piperazine rings is 1. The molecule has 1 aromatic heterocycles. The number of hydrogen-bond acceptors (Lipinski definition) is 6. The molecule has 1 amide bonds. The van der Waals surface area contributed by atoms with Crippen LogP contribution in [0.5, 0.6) is 11.5 Å². The van der Waals surface area contributed by atoms with Gasteiger partial charge in [0.15, 0.2) is 0 Å². The zero-order chi connectivity index (χ0) is 26.9. The molecular weight excluding hydrogens is 490 g/mol. The molecule has 4 rings (SSSR count). The Bertz CT molecular complexity index is 1210. The second kappa shape index (κ2) is 13.3. The lowest BCUT2D eigenvalue weighted by atomic mass is 10.1. The average Bonchev–Trinajstić information content (AvgIpc) is 2.91. The molecule has 0 aliphatic carbocycles. The zero-order valence-corrected chi connectivity index (χ0v) is 21.9. The summed E-state index contributed by atoms with van der Waals surface area (Å²) in [5.41, 5.74) is 2.12. The number of ether oxygens (including phenoxy) is 2. The van der Waals surface area contributed by atoms with E-state index in [1.165, 1.54) is 18.2 Å². The summed E-state index contributed by atoms with van der Waals surface area (Å²) in [5, 5.41) is 2.77. The van der Waals surface area contributed by atoms with Gasteiger partial charge in [-0.25, -0.2) is 8.78 Å². The van der Waals surface area contributed by atoms with Crippen LogP contribution < -0.4 is 14.8 Å². The summed E-state index contributed by atoms with van der Waals surface area (Å²) in [5.74, 6) is -0.0270. The number of hydrogen-bond donors (Lipinski definition) is 1. The number of amides is 1. The van der Waals surface area contributed by atoms with E-state index >= 15 is 0 Å². The van der Waals surface area contributed by atoms with Gasteiger partial charge in [0.2, 0.25) is 5.91 Å². The van der Waals surface area contributed by atoms with Crippen LogP contribution in [0.3, 0.4) is 0 Å². The molecule has 2 heterocycles. The highest BCUT2D eigenvalue weighted by Gasteiger charge is 2.14. The molecule has 3 aromatic rings. The third-order valence-electron chi connectivity index (χ3n) is 6.49. The fraction of sp³-hybridized carbons (Fsp3) is 0.379. The van der Waals surface area contributed by atoms with E-state index in [0.29, 0.717) is 47.1 Å². The Balaban J connectivity index is 1.28. The van der Waals surface area contributed by atoms with E-state index in [1.54, 1.807) is 36.5 Å². The maximum Gasteiger partial charge on any atom is 0.226 e. The molecule has 1 N–H and O–H groups in total. The van der Waals surface area contributed by atoms with Crippen molar-refractivity contribution in [1.29, 1.82) is 0 Å². The summed E-state index contributed by atoms with van der Waals surface area (Å²) in [7, 11) is 2.12. The standard InChI is InChI=1S/C29H34F2N4O3/c1-3-37-28-9-5-23(30)16-22(28)20-33-29(36)17-24-6-4-21(19-32-24)26-8-7-25(18-27(26)31)38-15-14-35-12-10-34(2)11-13-35/h4-9,16,18-19H,3,10-15,17,20H2,1-2H3,(H,33,36). The third-order valence-corrected chi connectivity index (χ3v) is 6.49. The minimum absolute atomic E-state index is 0.0438. The number of carbonyl (C=O) groups is 1. The molecular formula is C29H34F2N4O3. The van der Waals surface area contributed by atoms with E-state index in [1.807, 2.05) is 6.92 Å². The zero-order valence-electron chi connectivity index (χ0n) is 21.9. The maximum atomic E-state index is 14.8. The van der Waals surface area contributed by atoms with Gasteiger partial charge >= 0.3 is 0 Å². The summed E-state index contributed by atoms with van der Waals surface area (Å²) in [6.07, 6.45) is 1.59. The SMILES string of the molecule is CCOc1ccc(F)cc1CNC(=O)Cc1ccc(-c2ccc(OCCN3CCN(C)CC3)cc2F)cn1. The van der Waals surface area contributed by atoms with Gasteiger partial charge in [-0.3, -0.25) is 14.7 Å². The highest BCUT2D eigenvalue weighted by molar-refractivity contribution is 5.78. The van der Waals surface area contributed by atoms with Crippen molar-refractivity contribution in [3.63, 3.8) is 0 Å². The van der Waals surface area contributed by atoms with Crippen LogP contribution >= 0.6 is 0 Å². The molecule has 9 heteroatoms. The molecule has 202 valence electrons. The number of likely N-dealkylation sites (N-methyl/N-ethyl adjacent to an activating group) is 1. The number of pyridine rings is 1. The number of nitrogens with zero attached hydrogens (tertiary/aromatic N) is 3. The first kappa shape index (κ1) is 27.5. The Morgan fingerprint density at radius 1 is 1.03 bits per heavy atom. The van der Waals surface area contributed by atoms with Crippen molar-refractivity contribution in [2.24, 2.45) is 0 Å². The van der Waals surface area contributed by atoms with Gasteiger partial charge in [-0.2, -0.15) is 0 Å². The van der Waals surface area contributed by atoms with Crippen molar-refractivity contribution >= 4 is 5.91 Å². The molecule has 0 bridgehead atoms. The van der Waals surface area contributed by atoms with Gasteiger partial charge in [-0.1, -0.05) is 6.07 Å². The van der Waals surface area contributed by atoms with Gasteiger partial charge in [0.05, 0.1) is 13.0 Å². The van der Waals surface area contributed by atoms with E-state index in [0.717, 1.165) is 32.7 Å². The largest absolute Gasteiger partial charge is 0.494 e. The van der Waals surface area contributed by atoms with Crippen molar-refractivity contribution in [3.8, 4) is 22.6 Å². The van der Waals surface area contributed by atoms with E-state index in [4.69, 9.17) is 9.47 Å². The number of aromatic nitrogens is 1. The fourth-order valence-corrected chi connectivity index (χ4v) is 4.28. The molecule has 1 saturated heterocycles. The monoisotopic (exact) mass is 524 g/mol. The molecule has 2 aromatic carbocycles. The Kier molecular flexibility index (Phi) is 9.62. The molecule has 7 nitrogen and oxygen atoms in total. The summed E-state index contributed by atoms with van der Waals surface area (Å²) >= 11 is 0. The predicted octanol–water partition coefficient (Wildman–Crippen LogP) is 3.91. The highest BCUT2D eigenvalue weighted by atomic mass is 19.1. The molecule has 0 unspecified atom stereocenters. The normalized spacial score (nSPS) is 14.3. The summed E-state index contributed by atoms with van der Waals surface area (Å²) in [4.78, 5) is 21.4. The fourth-order valence-electron chi connectivity index (χ4n) is 4.28. The number of carbonyl (C=O) groups excluding carboxylic acids is 1. The molecule has 0 spiro atoms. The van der Waals surface area contributed by atoms with Crippen molar-refractivity contribution in [2.75, 3.05) is 53.0 Å². The molecule has 0 saturated carbocycles. The van der Waals surface area contributed by atoms with Gasteiger partial charge in [0.1, 0.15) is 29.7 Å². The first-order valence-electron chi connectivity index (χ1n) is 12.9. The van der Waals surface area contributed by atoms with Gasteiger partial charge < -0.3 is 19.7 Å². The first-order valence-corrected chi connectivity index (χ1v) is 12.9. The topological polar surface area (TPSA) is 66.9 Å². The van der Waals surface area contributed by atoms with Crippen LogP contribution in [0.4, 0.5) is 8.78 Å². The Morgan fingerprint density at radius 2 is 1.84 bits per heavy atom. The van der Waals surface area contributed by atoms with E-state index in [-0.39, 0.29) is 18.9 Å². The minimum Gasteiger partial charge on any atom is -0.494 e. The quantitative estimate of drug-likeness (QED) is 0.410. The lowest BCUT2D eigenvalue weighted by molar-refractivity contribution is -0.120. The third kappa shape index (κ3) is 7.72. The molecule has 1 fully saturated rings. The highest BCUT2D eigenvalue weighted by Crippen LogP contribution is 2.26. The van der Waals surface area contributed by atoms with Gasteiger partial charge in [-0.15, -0.1) is 0 Å². The predicted molar refractivity (Wildman–Crippen MR) is 142 cm³/mol. The van der Waals surface area contributed by atoms with Crippen LogP contribution in [0.15, 0.2) is 54.7 Å². The van der Waals surface area contributed by atoms with Crippen molar-refractivity contribution in [3.05, 3.63) is 77.6 Å². The van der Waals surface area contributed by atoms with Gasteiger partial charge in [0.25, 0.3) is 0 Å². The van der Waals surface area contributed by atoms with E-state index in [9.17, 15) is 13.6 Å². The molecule has 1 aliphatic heterocycles. The van der Waals surface area contributed by atoms with Crippen LogP contribution in [0.1, 0.15) is 18.2 Å². The Morgan fingerprint density at radius 3 is 2.55 bits per heavy atom. The number of nitrogens with one attached hydrogen (secondary N) is 1. The second-order valence-corrected chi connectivity index (χ2v) is 9.31. The van der Waals surface area contributed by atoms with Gasteiger partial charge in [-0.05, 0) is 50.4 Å². The van der Waals surface area contributed by atoms with Crippen molar-refractivity contribution in [1.82, 2.24) is 20.1 Å². The summed E-state index contributed by atoms with van der Waals surface area (Å²) in [6.45, 7) is 7.86. The average molecular weight is 525 g/mol. The van der Waals surface area contributed by atoms with Crippen molar-refractivity contribution < 1.29 is 23.0 Å². The molecule has 0 radical (unpaired) electrons. The van der Waals surface area contributed by atoms with Crippen LogP contribution in [0.25, 0.3) is 11.1 Å². The Labute approximate surface area is 222 Å². The first-order chi connectivity index (χ1) is 18.4. The molecule has 0 atom stereocenters. The number of halogens is 2.